The summed E-state index contributed by atoms with van der Waals surface area (Å²) in [6.07, 6.45) is 1.56. The third kappa shape index (κ3) is 7.55. The average molecular weight is 362 g/mol. The minimum absolute atomic E-state index is 0.0255. The van der Waals surface area contributed by atoms with Crippen molar-refractivity contribution < 1.29 is 14.4 Å². The number of nitrogens with zero attached hydrogens (tertiary/aromatic N) is 2. The molecule has 1 aromatic carbocycles. The number of hydrogen-bond acceptors (Lipinski definition) is 4. The van der Waals surface area contributed by atoms with Gasteiger partial charge in [0.2, 0.25) is 0 Å². The van der Waals surface area contributed by atoms with Gasteiger partial charge in [-0.1, -0.05) is 19.0 Å². The first-order valence-corrected chi connectivity index (χ1v) is 9.00. The molecule has 1 aromatic rings. The van der Waals surface area contributed by atoms with Crippen LogP contribution in [0.1, 0.15) is 50.9 Å². The summed E-state index contributed by atoms with van der Waals surface area (Å²) in [5.74, 6) is 0.546. The molecular formula is C19H30N4O3. The van der Waals surface area contributed by atoms with Crippen LogP contribution in [0.25, 0.3) is 0 Å². The number of carbonyl (C=O) groups is 2. The summed E-state index contributed by atoms with van der Waals surface area (Å²) in [6.45, 7) is 9.17. The van der Waals surface area contributed by atoms with Crippen LogP contribution in [0.5, 0.6) is 0 Å². The van der Waals surface area contributed by atoms with Crippen molar-refractivity contribution in [2.75, 3.05) is 25.0 Å². The molecule has 1 rings (SSSR count). The lowest BCUT2D eigenvalue weighted by Gasteiger charge is -2.18. The van der Waals surface area contributed by atoms with Crippen molar-refractivity contribution >= 4 is 23.3 Å². The first-order valence-electron chi connectivity index (χ1n) is 9.00. The van der Waals surface area contributed by atoms with E-state index in [0.29, 0.717) is 42.5 Å². The van der Waals surface area contributed by atoms with E-state index in [-0.39, 0.29) is 18.4 Å². The Morgan fingerprint density at radius 1 is 1.19 bits per heavy atom. The first-order chi connectivity index (χ1) is 12.4. The SMILES string of the molecule is CCN(CC)C(=O)c1ccc(NC(=O)CO/N=C(\N)CCC(C)C)cc1. The standard InChI is InChI=1S/C19H30N4O3/c1-5-23(6-2)19(25)15-8-10-16(11-9-15)21-18(24)13-26-22-17(20)12-7-14(3)4/h8-11,14H,5-7,12-13H2,1-4H3,(H2,20,22)(H,21,24). The molecule has 0 radical (unpaired) electrons. The molecule has 0 aliphatic heterocycles. The van der Waals surface area contributed by atoms with E-state index in [9.17, 15) is 9.59 Å². The van der Waals surface area contributed by atoms with Crippen LogP contribution in [0.15, 0.2) is 29.4 Å². The van der Waals surface area contributed by atoms with Gasteiger partial charge in [-0.3, -0.25) is 9.59 Å². The minimum Gasteiger partial charge on any atom is -0.384 e. The second kappa shape index (κ2) is 11.1. The molecule has 0 fully saturated rings. The van der Waals surface area contributed by atoms with Crippen LogP contribution in [0.3, 0.4) is 0 Å². The van der Waals surface area contributed by atoms with Crippen LogP contribution >= 0.6 is 0 Å². The second-order valence-corrected chi connectivity index (χ2v) is 6.39. The summed E-state index contributed by atoms with van der Waals surface area (Å²) in [5, 5.41) is 6.43. The zero-order valence-corrected chi connectivity index (χ0v) is 16.1. The summed E-state index contributed by atoms with van der Waals surface area (Å²) < 4.78 is 0. The Bertz CT molecular complexity index is 608. The van der Waals surface area contributed by atoms with Crippen LogP contribution in [0.2, 0.25) is 0 Å². The number of amidine groups is 1. The molecule has 144 valence electrons. The average Bonchev–Trinajstić information content (AvgIpc) is 2.61. The Labute approximate surface area is 155 Å². The molecule has 2 amide bonds. The Hall–Kier alpha value is -2.57. The predicted octanol–water partition coefficient (Wildman–Crippen LogP) is 2.83. The van der Waals surface area contributed by atoms with Gasteiger partial charge < -0.3 is 20.8 Å². The molecule has 0 bridgehead atoms. The molecule has 0 saturated heterocycles. The number of nitrogens with two attached hydrogens (primary N) is 1. The summed E-state index contributed by atoms with van der Waals surface area (Å²) in [5.41, 5.74) is 6.89. The molecule has 0 aromatic heterocycles. The fraction of sp³-hybridized carbons (Fsp3) is 0.526. The molecule has 0 heterocycles. The highest BCUT2D eigenvalue weighted by Gasteiger charge is 2.12. The molecule has 7 heteroatoms. The highest BCUT2D eigenvalue weighted by molar-refractivity contribution is 5.96. The van der Waals surface area contributed by atoms with Crippen LogP contribution in [0.4, 0.5) is 5.69 Å². The number of benzene rings is 1. The predicted molar refractivity (Wildman–Crippen MR) is 104 cm³/mol. The number of nitrogens with one attached hydrogen (secondary N) is 1. The first kappa shape index (κ1) is 21.5. The van der Waals surface area contributed by atoms with Gasteiger partial charge in [0, 0.05) is 30.8 Å². The van der Waals surface area contributed by atoms with Gasteiger partial charge in [-0.25, -0.2) is 0 Å². The molecule has 26 heavy (non-hydrogen) atoms. The lowest BCUT2D eigenvalue weighted by atomic mass is 10.1. The maximum atomic E-state index is 12.2. The number of hydrogen-bond donors (Lipinski definition) is 2. The smallest absolute Gasteiger partial charge is 0.265 e. The van der Waals surface area contributed by atoms with Gasteiger partial charge in [0.15, 0.2) is 6.61 Å². The van der Waals surface area contributed by atoms with Crippen LogP contribution in [-0.2, 0) is 9.63 Å². The Kier molecular flexibility index (Phi) is 9.19. The third-order valence-corrected chi connectivity index (χ3v) is 3.82. The Morgan fingerprint density at radius 2 is 1.81 bits per heavy atom. The second-order valence-electron chi connectivity index (χ2n) is 6.39. The van der Waals surface area contributed by atoms with Crippen LogP contribution in [0, 0.1) is 5.92 Å². The van der Waals surface area contributed by atoms with Gasteiger partial charge in [-0.15, -0.1) is 0 Å². The lowest BCUT2D eigenvalue weighted by Crippen LogP contribution is -2.30. The molecule has 0 aliphatic carbocycles. The van der Waals surface area contributed by atoms with Crippen molar-refractivity contribution in [1.29, 1.82) is 0 Å². The molecule has 7 nitrogen and oxygen atoms in total. The number of carbonyl (C=O) groups excluding carboxylic acids is 2. The molecule has 0 saturated carbocycles. The zero-order valence-electron chi connectivity index (χ0n) is 16.1. The molecule has 0 spiro atoms. The van der Waals surface area contributed by atoms with Gasteiger partial charge in [0.1, 0.15) is 5.84 Å². The van der Waals surface area contributed by atoms with E-state index in [4.69, 9.17) is 10.6 Å². The van der Waals surface area contributed by atoms with Gasteiger partial charge in [0.05, 0.1) is 0 Å². The molecule has 3 N–H and O–H groups in total. The third-order valence-electron chi connectivity index (χ3n) is 3.82. The van der Waals surface area contributed by atoms with Crippen LogP contribution < -0.4 is 11.1 Å². The summed E-state index contributed by atoms with van der Waals surface area (Å²) >= 11 is 0. The number of rotatable bonds is 10. The van der Waals surface area contributed by atoms with E-state index >= 15 is 0 Å². The highest BCUT2D eigenvalue weighted by atomic mass is 16.6. The van der Waals surface area contributed by atoms with Crippen molar-refractivity contribution in [1.82, 2.24) is 4.90 Å². The van der Waals surface area contributed by atoms with Crippen molar-refractivity contribution in [3.63, 3.8) is 0 Å². The van der Waals surface area contributed by atoms with Gasteiger partial charge in [0.25, 0.3) is 11.8 Å². The number of oxime groups is 1. The molecule has 0 unspecified atom stereocenters. The fourth-order valence-electron chi connectivity index (χ4n) is 2.24. The molecule has 0 atom stereocenters. The Morgan fingerprint density at radius 3 is 2.35 bits per heavy atom. The van der Waals surface area contributed by atoms with E-state index in [1.54, 1.807) is 29.2 Å². The highest BCUT2D eigenvalue weighted by Crippen LogP contribution is 2.12. The lowest BCUT2D eigenvalue weighted by molar-refractivity contribution is -0.120. The van der Waals surface area contributed by atoms with Crippen molar-refractivity contribution in [2.45, 2.75) is 40.5 Å². The number of amides is 2. The molecular weight excluding hydrogens is 332 g/mol. The van der Waals surface area contributed by atoms with Crippen molar-refractivity contribution in [3.05, 3.63) is 29.8 Å². The van der Waals surface area contributed by atoms with E-state index in [1.165, 1.54) is 0 Å². The van der Waals surface area contributed by atoms with Gasteiger partial charge in [-0.2, -0.15) is 0 Å². The van der Waals surface area contributed by atoms with Crippen molar-refractivity contribution in [2.24, 2.45) is 16.8 Å². The summed E-state index contributed by atoms with van der Waals surface area (Å²) in [6, 6.07) is 6.77. The summed E-state index contributed by atoms with van der Waals surface area (Å²) in [7, 11) is 0. The van der Waals surface area contributed by atoms with Gasteiger partial charge in [-0.05, 0) is 50.5 Å². The Balaban J connectivity index is 2.47. The fourth-order valence-corrected chi connectivity index (χ4v) is 2.24. The van der Waals surface area contributed by atoms with E-state index < -0.39 is 0 Å². The van der Waals surface area contributed by atoms with E-state index in [1.807, 2.05) is 13.8 Å². The normalized spacial score (nSPS) is 11.3. The minimum atomic E-state index is -0.340. The van der Waals surface area contributed by atoms with Crippen molar-refractivity contribution in [3.8, 4) is 0 Å². The van der Waals surface area contributed by atoms with E-state index in [0.717, 1.165) is 6.42 Å². The topological polar surface area (TPSA) is 97.0 Å². The van der Waals surface area contributed by atoms with Gasteiger partial charge >= 0.3 is 0 Å². The zero-order chi connectivity index (χ0) is 19.5. The van der Waals surface area contributed by atoms with Crippen LogP contribution in [-0.4, -0.2) is 42.2 Å². The maximum Gasteiger partial charge on any atom is 0.265 e. The monoisotopic (exact) mass is 362 g/mol. The van der Waals surface area contributed by atoms with E-state index in [2.05, 4.69) is 24.3 Å². The summed E-state index contributed by atoms with van der Waals surface area (Å²) in [4.78, 5) is 30.8. The maximum absolute atomic E-state index is 12.2. The number of anilines is 1. The quantitative estimate of drug-likeness (QED) is 0.380. The molecule has 0 aliphatic rings. The largest absolute Gasteiger partial charge is 0.384 e.